The number of hydrogen-bond donors (Lipinski definition) is 0. The summed E-state index contributed by atoms with van der Waals surface area (Å²) in [6.45, 7) is 4.87. The summed E-state index contributed by atoms with van der Waals surface area (Å²) in [6, 6.07) is 20.3. The monoisotopic (exact) mass is 309 g/mol. The van der Waals surface area contributed by atoms with Crippen LogP contribution in [0.3, 0.4) is 0 Å². The van der Waals surface area contributed by atoms with Gasteiger partial charge >= 0.3 is 0 Å². The van der Waals surface area contributed by atoms with Crippen LogP contribution in [0.25, 0.3) is 6.08 Å². The molecule has 1 fully saturated rings. The normalized spacial score (nSPS) is 18.9. The Kier molecular flexibility index (Phi) is 4.08. The Hall–Kier alpha value is -2.00. The van der Waals surface area contributed by atoms with E-state index < -0.39 is 0 Å². The lowest BCUT2D eigenvalue weighted by molar-refractivity contribution is 0.183. The molecule has 1 amide bonds. The largest absolute Gasteiger partial charge is 0.319 e. The fourth-order valence-corrected chi connectivity index (χ4v) is 3.72. The van der Waals surface area contributed by atoms with Crippen molar-refractivity contribution < 1.29 is 4.79 Å². The van der Waals surface area contributed by atoms with Gasteiger partial charge in [-0.2, -0.15) is 0 Å². The molecule has 0 aliphatic carbocycles. The Balaban J connectivity index is 1.88. The lowest BCUT2D eigenvalue weighted by Crippen LogP contribution is -2.40. The van der Waals surface area contributed by atoms with Crippen LogP contribution in [0.2, 0.25) is 0 Å². The van der Waals surface area contributed by atoms with Crippen molar-refractivity contribution in [1.82, 2.24) is 4.90 Å². The van der Waals surface area contributed by atoms with Crippen molar-refractivity contribution in [3.05, 3.63) is 76.7 Å². The van der Waals surface area contributed by atoms with Gasteiger partial charge in [-0.15, -0.1) is 0 Å². The number of thioether (sulfide) groups is 1. The second kappa shape index (κ2) is 6.01. The smallest absolute Gasteiger partial charge is 0.287 e. The third-order valence-electron chi connectivity index (χ3n) is 3.98. The highest BCUT2D eigenvalue weighted by atomic mass is 32.2. The number of carbonyl (C=O) groups excluding carboxylic acids is 1. The van der Waals surface area contributed by atoms with Crippen LogP contribution in [-0.4, -0.2) is 15.7 Å². The van der Waals surface area contributed by atoms with E-state index in [-0.39, 0.29) is 10.8 Å². The van der Waals surface area contributed by atoms with Crippen LogP contribution in [0.1, 0.15) is 25.0 Å². The zero-order valence-corrected chi connectivity index (χ0v) is 13.6. The average molecular weight is 309 g/mol. The average Bonchev–Trinajstić information content (AvgIpc) is 2.73. The van der Waals surface area contributed by atoms with E-state index >= 15 is 0 Å². The standard InChI is InChI=1S/C19H19NOS/c1-19(2)17(13-15-9-5-3-6-10-15)22-18(21)20(19)14-16-11-7-4-8-12-16/h3-13H,14H2,1-2H3/b17-13-. The van der Waals surface area contributed by atoms with Crippen molar-refractivity contribution in [3.63, 3.8) is 0 Å². The lowest BCUT2D eigenvalue weighted by Gasteiger charge is -2.31. The van der Waals surface area contributed by atoms with Crippen LogP contribution in [0.5, 0.6) is 0 Å². The third kappa shape index (κ3) is 2.95. The quantitative estimate of drug-likeness (QED) is 0.779. The SMILES string of the molecule is CC1(C)/C(=C/c2ccccc2)SC(=O)N1Cc1ccccc1. The van der Waals surface area contributed by atoms with Crippen LogP contribution in [0.4, 0.5) is 4.79 Å². The Labute approximate surface area is 135 Å². The van der Waals surface area contributed by atoms with E-state index in [0.717, 1.165) is 16.0 Å². The maximum Gasteiger partial charge on any atom is 0.287 e. The molecule has 2 aromatic carbocycles. The summed E-state index contributed by atoms with van der Waals surface area (Å²) in [6.07, 6.45) is 2.12. The van der Waals surface area contributed by atoms with E-state index in [4.69, 9.17) is 0 Å². The summed E-state index contributed by atoms with van der Waals surface area (Å²) in [7, 11) is 0. The molecule has 0 N–H and O–H groups in total. The van der Waals surface area contributed by atoms with E-state index in [2.05, 4.69) is 44.2 Å². The minimum atomic E-state index is -0.284. The summed E-state index contributed by atoms with van der Waals surface area (Å²) in [5.41, 5.74) is 2.01. The van der Waals surface area contributed by atoms with E-state index in [9.17, 15) is 4.79 Å². The second-order valence-electron chi connectivity index (χ2n) is 5.92. The van der Waals surface area contributed by atoms with Gasteiger partial charge in [0.05, 0.1) is 5.54 Å². The van der Waals surface area contributed by atoms with E-state index in [0.29, 0.717) is 6.54 Å². The summed E-state index contributed by atoms with van der Waals surface area (Å²) in [5.74, 6) is 0. The lowest BCUT2D eigenvalue weighted by atomic mass is 10.00. The highest BCUT2D eigenvalue weighted by molar-refractivity contribution is 8.17. The number of nitrogens with zero attached hydrogens (tertiary/aromatic N) is 1. The van der Waals surface area contributed by atoms with Crippen molar-refractivity contribution in [2.75, 3.05) is 0 Å². The second-order valence-corrected chi connectivity index (χ2v) is 6.91. The van der Waals surface area contributed by atoms with Crippen LogP contribution >= 0.6 is 11.8 Å². The van der Waals surface area contributed by atoms with Gasteiger partial charge in [-0.25, -0.2) is 0 Å². The molecule has 1 heterocycles. The zero-order chi connectivity index (χ0) is 15.6. The summed E-state index contributed by atoms with van der Waals surface area (Å²) < 4.78 is 0. The van der Waals surface area contributed by atoms with Gasteiger partial charge in [-0.1, -0.05) is 60.7 Å². The number of hydrogen-bond acceptors (Lipinski definition) is 2. The van der Waals surface area contributed by atoms with Crippen molar-refractivity contribution in [2.24, 2.45) is 0 Å². The van der Waals surface area contributed by atoms with Gasteiger partial charge in [-0.3, -0.25) is 4.79 Å². The third-order valence-corrected chi connectivity index (χ3v) is 5.21. The molecule has 1 aliphatic heterocycles. The molecule has 0 saturated carbocycles. The molecule has 0 radical (unpaired) electrons. The van der Waals surface area contributed by atoms with Crippen LogP contribution in [0.15, 0.2) is 65.6 Å². The van der Waals surface area contributed by atoms with Crippen molar-refractivity contribution in [3.8, 4) is 0 Å². The molecular formula is C19H19NOS. The molecule has 22 heavy (non-hydrogen) atoms. The maximum atomic E-state index is 12.4. The minimum absolute atomic E-state index is 0.121. The van der Waals surface area contributed by atoms with E-state index in [1.165, 1.54) is 11.8 Å². The first kappa shape index (κ1) is 14.9. The zero-order valence-electron chi connectivity index (χ0n) is 12.8. The molecule has 2 aromatic rings. The van der Waals surface area contributed by atoms with Crippen LogP contribution in [-0.2, 0) is 6.54 Å². The molecular weight excluding hydrogens is 290 g/mol. The summed E-state index contributed by atoms with van der Waals surface area (Å²) in [4.78, 5) is 15.5. The van der Waals surface area contributed by atoms with E-state index in [1.54, 1.807) is 0 Å². The van der Waals surface area contributed by atoms with Gasteiger partial charge < -0.3 is 4.90 Å². The molecule has 112 valence electrons. The van der Waals surface area contributed by atoms with Crippen molar-refractivity contribution >= 4 is 23.1 Å². The molecule has 1 aliphatic rings. The molecule has 1 saturated heterocycles. The predicted molar refractivity (Wildman–Crippen MR) is 93.5 cm³/mol. The predicted octanol–water partition coefficient (Wildman–Crippen LogP) is 5.18. The minimum Gasteiger partial charge on any atom is -0.319 e. The molecule has 3 rings (SSSR count). The van der Waals surface area contributed by atoms with Gasteiger partial charge in [0.25, 0.3) is 5.24 Å². The number of carbonyl (C=O) groups is 1. The Morgan fingerprint density at radius 2 is 1.59 bits per heavy atom. The molecule has 0 spiro atoms. The number of benzene rings is 2. The molecule has 0 atom stereocenters. The first-order valence-electron chi connectivity index (χ1n) is 7.38. The number of rotatable bonds is 3. The van der Waals surface area contributed by atoms with Gasteiger partial charge in [0.2, 0.25) is 0 Å². The molecule has 2 nitrogen and oxygen atoms in total. The Bertz CT molecular complexity index is 692. The van der Waals surface area contributed by atoms with Gasteiger partial charge in [-0.05, 0) is 42.8 Å². The van der Waals surface area contributed by atoms with Crippen LogP contribution < -0.4 is 0 Å². The Morgan fingerprint density at radius 3 is 2.23 bits per heavy atom. The first-order valence-corrected chi connectivity index (χ1v) is 8.19. The topological polar surface area (TPSA) is 20.3 Å². The van der Waals surface area contributed by atoms with Gasteiger partial charge in [0.15, 0.2) is 0 Å². The summed E-state index contributed by atoms with van der Waals surface area (Å²) >= 11 is 1.34. The van der Waals surface area contributed by atoms with Gasteiger partial charge in [0.1, 0.15) is 0 Å². The number of amides is 1. The fraction of sp³-hybridized carbons (Fsp3) is 0.211. The summed E-state index contributed by atoms with van der Waals surface area (Å²) in [5, 5.41) is 0.121. The van der Waals surface area contributed by atoms with Crippen molar-refractivity contribution in [2.45, 2.75) is 25.9 Å². The highest BCUT2D eigenvalue weighted by Gasteiger charge is 2.42. The van der Waals surface area contributed by atoms with Crippen molar-refractivity contribution in [1.29, 1.82) is 0 Å². The molecule has 0 bridgehead atoms. The molecule has 3 heteroatoms. The fourth-order valence-electron chi connectivity index (χ4n) is 2.57. The first-order chi connectivity index (χ1) is 10.6. The van der Waals surface area contributed by atoms with Gasteiger partial charge in [0, 0.05) is 11.4 Å². The molecule has 0 unspecified atom stereocenters. The Morgan fingerprint density at radius 1 is 1.00 bits per heavy atom. The highest BCUT2D eigenvalue weighted by Crippen LogP contribution is 2.44. The van der Waals surface area contributed by atoms with E-state index in [1.807, 2.05) is 41.3 Å². The van der Waals surface area contributed by atoms with Crippen LogP contribution in [0, 0.1) is 0 Å². The maximum absolute atomic E-state index is 12.4. The molecule has 0 aromatic heterocycles.